The second-order valence-electron chi connectivity index (χ2n) is 4.71. The number of rotatable bonds is 5. The molecule has 0 aromatic heterocycles. The summed E-state index contributed by atoms with van der Waals surface area (Å²) in [5.41, 5.74) is 0.813. The molecule has 3 nitrogen and oxygen atoms in total. The van der Waals surface area contributed by atoms with Gasteiger partial charge in [0.05, 0.1) is 17.7 Å². The molecule has 0 unspecified atom stereocenters. The molecule has 1 fully saturated rings. The Labute approximate surface area is 148 Å². The van der Waals surface area contributed by atoms with E-state index < -0.39 is 5.82 Å². The summed E-state index contributed by atoms with van der Waals surface area (Å²) >= 11 is 6.12. The Morgan fingerprint density at radius 2 is 2.05 bits per heavy atom. The molecule has 0 bridgehead atoms. The van der Waals surface area contributed by atoms with Gasteiger partial charge in [0.2, 0.25) is 0 Å². The highest BCUT2D eigenvalue weighted by Crippen LogP contribution is 2.33. The van der Waals surface area contributed by atoms with Gasteiger partial charge in [-0.15, -0.1) is 31.4 Å². The summed E-state index contributed by atoms with van der Waals surface area (Å²) in [5.74, 6) is -0.294. The number of nitrogens with zero attached hydrogens (tertiary/aromatic N) is 1. The fourth-order valence-corrected chi connectivity index (χ4v) is 2.76. The predicted octanol–water partition coefficient (Wildman–Crippen LogP) is 3.85. The number of hydrogen-bond donors (Lipinski definition) is 1. The first kappa shape index (κ1) is 21.5. The zero-order valence-corrected chi connectivity index (χ0v) is 14.9. The van der Waals surface area contributed by atoms with E-state index in [4.69, 9.17) is 16.3 Å². The number of ether oxygens (including phenoxy) is 1. The highest BCUT2D eigenvalue weighted by molar-refractivity contribution is 6.32. The van der Waals surface area contributed by atoms with E-state index in [1.807, 2.05) is 6.08 Å². The van der Waals surface area contributed by atoms with Crippen molar-refractivity contribution in [3.05, 3.63) is 41.2 Å². The highest BCUT2D eigenvalue weighted by Gasteiger charge is 2.22. The van der Waals surface area contributed by atoms with Crippen LogP contribution in [0.3, 0.4) is 0 Å². The van der Waals surface area contributed by atoms with E-state index in [2.05, 4.69) is 16.8 Å². The molecule has 1 aliphatic heterocycles. The smallest absolute Gasteiger partial charge is 0.173 e. The molecule has 1 aromatic rings. The van der Waals surface area contributed by atoms with Crippen LogP contribution in [0.2, 0.25) is 5.02 Å². The van der Waals surface area contributed by atoms with Crippen molar-refractivity contribution in [1.29, 1.82) is 0 Å². The van der Waals surface area contributed by atoms with Crippen molar-refractivity contribution in [1.82, 2.24) is 10.2 Å². The fraction of sp³-hybridized carbons (Fsp3) is 0.467. The Kier molecular flexibility index (Phi) is 10.0. The van der Waals surface area contributed by atoms with Gasteiger partial charge in [-0.2, -0.15) is 0 Å². The van der Waals surface area contributed by atoms with Crippen LogP contribution in [0.15, 0.2) is 24.8 Å². The Balaban J connectivity index is 0.00000220. The largest absolute Gasteiger partial charge is 0.489 e. The van der Waals surface area contributed by atoms with Crippen LogP contribution in [0.4, 0.5) is 4.39 Å². The molecule has 1 heterocycles. The Morgan fingerprint density at radius 1 is 1.41 bits per heavy atom. The molecular formula is C15H22Cl3FN2O. The second-order valence-corrected chi connectivity index (χ2v) is 5.12. The summed E-state index contributed by atoms with van der Waals surface area (Å²) in [5, 5.41) is 3.61. The molecule has 7 heteroatoms. The van der Waals surface area contributed by atoms with Crippen molar-refractivity contribution < 1.29 is 9.13 Å². The van der Waals surface area contributed by atoms with Crippen molar-refractivity contribution in [2.45, 2.75) is 13.0 Å². The SMILES string of the molecule is C=C[C@@H](c1cc(F)c(OCC)c(Cl)c1)N1CCNCC1.Cl.Cl. The van der Waals surface area contributed by atoms with Gasteiger partial charge in [-0.05, 0) is 24.6 Å². The van der Waals surface area contributed by atoms with Crippen LogP contribution in [0.5, 0.6) is 5.75 Å². The summed E-state index contributed by atoms with van der Waals surface area (Å²) in [6.45, 7) is 9.73. The third-order valence-corrected chi connectivity index (χ3v) is 3.70. The molecule has 22 heavy (non-hydrogen) atoms. The van der Waals surface area contributed by atoms with Gasteiger partial charge in [-0.25, -0.2) is 4.39 Å². The van der Waals surface area contributed by atoms with E-state index in [-0.39, 0.29) is 36.6 Å². The lowest BCUT2D eigenvalue weighted by Crippen LogP contribution is -2.44. The standard InChI is InChI=1S/C15H20ClFN2O.2ClH/c1-3-14(19-7-5-18-6-8-19)11-9-12(16)15(20-4-2)13(17)10-11;;/h3,9-10,14,18H,1,4-8H2,2H3;2*1H/t14-;;/m0../s1. The quantitative estimate of drug-likeness (QED) is 0.796. The Bertz CT molecular complexity index is 459. The van der Waals surface area contributed by atoms with E-state index in [0.717, 1.165) is 31.7 Å². The molecule has 1 N–H and O–H groups in total. The average Bonchev–Trinajstić information content (AvgIpc) is 2.45. The van der Waals surface area contributed by atoms with E-state index >= 15 is 0 Å². The average molecular weight is 372 g/mol. The van der Waals surface area contributed by atoms with Crippen molar-refractivity contribution in [2.75, 3.05) is 32.8 Å². The van der Waals surface area contributed by atoms with Crippen LogP contribution in [-0.4, -0.2) is 37.7 Å². The van der Waals surface area contributed by atoms with Gasteiger partial charge in [-0.3, -0.25) is 4.90 Å². The van der Waals surface area contributed by atoms with E-state index in [1.165, 1.54) is 6.07 Å². The molecule has 2 rings (SSSR count). The van der Waals surface area contributed by atoms with Crippen LogP contribution in [-0.2, 0) is 0 Å². The monoisotopic (exact) mass is 370 g/mol. The topological polar surface area (TPSA) is 24.5 Å². The summed E-state index contributed by atoms with van der Waals surface area (Å²) in [6, 6.07) is 3.23. The van der Waals surface area contributed by atoms with Crippen LogP contribution >= 0.6 is 36.4 Å². The lowest BCUT2D eigenvalue weighted by molar-refractivity contribution is 0.203. The number of halogens is 4. The maximum Gasteiger partial charge on any atom is 0.173 e. The number of nitrogens with one attached hydrogen (secondary N) is 1. The van der Waals surface area contributed by atoms with Gasteiger partial charge >= 0.3 is 0 Å². The van der Waals surface area contributed by atoms with Gasteiger partial charge in [0.15, 0.2) is 11.6 Å². The number of hydrogen-bond acceptors (Lipinski definition) is 3. The lowest BCUT2D eigenvalue weighted by Gasteiger charge is -2.33. The normalized spacial score (nSPS) is 16.1. The van der Waals surface area contributed by atoms with Crippen molar-refractivity contribution in [3.8, 4) is 5.75 Å². The molecule has 0 spiro atoms. The van der Waals surface area contributed by atoms with Crippen molar-refractivity contribution in [3.63, 3.8) is 0 Å². The Hall–Kier alpha value is -0.520. The third kappa shape index (κ3) is 5.00. The molecule has 1 saturated heterocycles. The third-order valence-electron chi connectivity index (χ3n) is 3.42. The maximum atomic E-state index is 14.1. The van der Waals surface area contributed by atoms with E-state index in [1.54, 1.807) is 13.0 Å². The minimum Gasteiger partial charge on any atom is -0.489 e. The number of benzene rings is 1. The molecular weight excluding hydrogens is 350 g/mol. The first-order chi connectivity index (χ1) is 9.67. The lowest BCUT2D eigenvalue weighted by atomic mass is 10.0. The number of piperazine rings is 1. The molecule has 1 aromatic carbocycles. The Morgan fingerprint density at radius 3 is 2.55 bits per heavy atom. The molecule has 1 atom stereocenters. The molecule has 0 aliphatic carbocycles. The summed E-state index contributed by atoms with van der Waals surface area (Å²) in [6.07, 6.45) is 1.83. The van der Waals surface area contributed by atoms with Gasteiger partial charge in [0.1, 0.15) is 0 Å². The van der Waals surface area contributed by atoms with Gasteiger partial charge in [0.25, 0.3) is 0 Å². The molecule has 0 radical (unpaired) electrons. The highest BCUT2D eigenvalue weighted by atomic mass is 35.5. The van der Waals surface area contributed by atoms with Crippen LogP contribution in [0.1, 0.15) is 18.5 Å². The van der Waals surface area contributed by atoms with Crippen molar-refractivity contribution >= 4 is 36.4 Å². The summed E-state index contributed by atoms with van der Waals surface area (Å²) in [7, 11) is 0. The predicted molar refractivity (Wildman–Crippen MR) is 94.5 cm³/mol. The summed E-state index contributed by atoms with van der Waals surface area (Å²) < 4.78 is 19.3. The van der Waals surface area contributed by atoms with E-state index in [9.17, 15) is 4.39 Å². The zero-order chi connectivity index (χ0) is 14.5. The van der Waals surface area contributed by atoms with Gasteiger partial charge < -0.3 is 10.1 Å². The first-order valence-electron chi connectivity index (χ1n) is 6.86. The minimum atomic E-state index is -0.420. The van der Waals surface area contributed by atoms with Crippen molar-refractivity contribution in [2.24, 2.45) is 0 Å². The van der Waals surface area contributed by atoms with Gasteiger partial charge in [-0.1, -0.05) is 17.7 Å². The van der Waals surface area contributed by atoms with Crippen LogP contribution in [0, 0.1) is 5.82 Å². The van der Waals surface area contributed by atoms with Crippen LogP contribution in [0.25, 0.3) is 0 Å². The fourth-order valence-electron chi connectivity index (χ4n) is 2.49. The zero-order valence-electron chi connectivity index (χ0n) is 12.5. The molecule has 126 valence electrons. The maximum absolute atomic E-state index is 14.1. The first-order valence-corrected chi connectivity index (χ1v) is 7.24. The molecule has 0 amide bonds. The minimum absolute atomic E-state index is 0. The van der Waals surface area contributed by atoms with Gasteiger partial charge in [0, 0.05) is 26.2 Å². The molecule has 0 saturated carbocycles. The second kappa shape index (κ2) is 10.3. The van der Waals surface area contributed by atoms with E-state index in [0.29, 0.717) is 11.6 Å². The molecule has 1 aliphatic rings. The van der Waals surface area contributed by atoms with Crippen LogP contribution < -0.4 is 10.1 Å². The summed E-state index contributed by atoms with van der Waals surface area (Å²) in [4.78, 5) is 2.26.